The SMILES string of the molecule is CC(c1ccccc1Cl)N(C)c1ccc(Br)cc1C(=N)N. The van der Waals surface area contributed by atoms with Crippen LogP contribution in [0.4, 0.5) is 5.69 Å². The van der Waals surface area contributed by atoms with Gasteiger partial charge < -0.3 is 10.6 Å². The van der Waals surface area contributed by atoms with Crippen molar-refractivity contribution in [1.82, 2.24) is 0 Å². The highest BCUT2D eigenvalue weighted by molar-refractivity contribution is 9.10. The van der Waals surface area contributed by atoms with Crippen LogP contribution in [0.2, 0.25) is 5.02 Å². The molecule has 0 bridgehead atoms. The highest BCUT2D eigenvalue weighted by atomic mass is 79.9. The number of hydrogen-bond acceptors (Lipinski definition) is 2. The van der Waals surface area contributed by atoms with Gasteiger partial charge in [-0.3, -0.25) is 5.41 Å². The zero-order chi connectivity index (χ0) is 15.6. The van der Waals surface area contributed by atoms with Gasteiger partial charge in [0.2, 0.25) is 0 Å². The van der Waals surface area contributed by atoms with E-state index in [0.717, 1.165) is 20.7 Å². The lowest BCUT2D eigenvalue weighted by Crippen LogP contribution is -2.25. The number of hydrogen-bond donors (Lipinski definition) is 2. The van der Waals surface area contributed by atoms with E-state index in [4.69, 9.17) is 22.7 Å². The molecule has 0 aromatic heterocycles. The van der Waals surface area contributed by atoms with Crippen molar-refractivity contribution in [1.29, 1.82) is 5.41 Å². The summed E-state index contributed by atoms with van der Waals surface area (Å²) in [5, 5.41) is 8.49. The molecule has 21 heavy (non-hydrogen) atoms. The molecule has 2 rings (SSSR count). The molecule has 2 aromatic carbocycles. The van der Waals surface area contributed by atoms with Crippen LogP contribution in [0.15, 0.2) is 46.9 Å². The van der Waals surface area contributed by atoms with Gasteiger partial charge in [-0.15, -0.1) is 0 Å². The van der Waals surface area contributed by atoms with Crippen LogP contribution in [0, 0.1) is 5.41 Å². The third-order valence-corrected chi connectivity index (χ3v) is 4.40. The van der Waals surface area contributed by atoms with Crippen LogP contribution < -0.4 is 10.6 Å². The zero-order valence-electron chi connectivity index (χ0n) is 11.9. The first-order valence-corrected chi connectivity index (χ1v) is 7.70. The van der Waals surface area contributed by atoms with Crippen molar-refractivity contribution in [2.45, 2.75) is 13.0 Å². The van der Waals surface area contributed by atoms with Crippen LogP contribution in [-0.4, -0.2) is 12.9 Å². The van der Waals surface area contributed by atoms with Gasteiger partial charge in [-0.25, -0.2) is 0 Å². The molecule has 5 heteroatoms. The van der Waals surface area contributed by atoms with Gasteiger partial charge in [0, 0.05) is 27.8 Å². The van der Waals surface area contributed by atoms with Gasteiger partial charge in [-0.05, 0) is 36.8 Å². The van der Waals surface area contributed by atoms with E-state index in [-0.39, 0.29) is 11.9 Å². The Balaban J connectivity index is 2.43. The fourth-order valence-corrected chi connectivity index (χ4v) is 2.92. The summed E-state index contributed by atoms with van der Waals surface area (Å²) < 4.78 is 0.898. The second-order valence-electron chi connectivity index (χ2n) is 4.88. The van der Waals surface area contributed by atoms with Gasteiger partial charge >= 0.3 is 0 Å². The molecule has 3 nitrogen and oxygen atoms in total. The fourth-order valence-electron chi connectivity index (χ4n) is 2.26. The first-order valence-electron chi connectivity index (χ1n) is 6.53. The largest absolute Gasteiger partial charge is 0.384 e. The molecule has 110 valence electrons. The Morgan fingerprint density at radius 2 is 1.95 bits per heavy atom. The second-order valence-corrected chi connectivity index (χ2v) is 6.21. The Bertz CT molecular complexity index is 672. The third kappa shape index (κ3) is 3.39. The molecule has 0 heterocycles. The first-order chi connectivity index (χ1) is 9.91. The lowest BCUT2D eigenvalue weighted by molar-refractivity contribution is 0.739. The molecule has 1 unspecified atom stereocenters. The molecule has 0 aliphatic carbocycles. The van der Waals surface area contributed by atoms with Crippen molar-refractivity contribution in [3.63, 3.8) is 0 Å². The van der Waals surface area contributed by atoms with Gasteiger partial charge in [0.15, 0.2) is 0 Å². The van der Waals surface area contributed by atoms with Gasteiger partial charge in [-0.2, -0.15) is 0 Å². The molecule has 0 aliphatic rings. The van der Waals surface area contributed by atoms with Crippen molar-refractivity contribution in [2.24, 2.45) is 5.73 Å². The van der Waals surface area contributed by atoms with Crippen molar-refractivity contribution >= 4 is 39.1 Å². The average Bonchev–Trinajstić information content (AvgIpc) is 2.46. The molecule has 3 N–H and O–H groups in total. The molecular formula is C16H17BrClN3. The number of benzene rings is 2. The van der Waals surface area contributed by atoms with Crippen LogP contribution in [0.25, 0.3) is 0 Å². The van der Waals surface area contributed by atoms with Crippen LogP contribution in [0.5, 0.6) is 0 Å². The monoisotopic (exact) mass is 365 g/mol. The molecule has 0 amide bonds. The maximum Gasteiger partial charge on any atom is 0.124 e. The smallest absolute Gasteiger partial charge is 0.124 e. The summed E-state index contributed by atoms with van der Waals surface area (Å²) in [6.45, 7) is 2.08. The Kier molecular flexibility index (Phi) is 4.91. The number of nitrogen functional groups attached to an aromatic ring is 1. The average molecular weight is 367 g/mol. The van der Waals surface area contributed by atoms with Crippen molar-refractivity contribution in [3.05, 3.63) is 63.1 Å². The fraction of sp³-hybridized carbons (Fsp3) is 0.188. The quantitative estimate of drug-likeness (QED) is 0.614. The number of rotatable bonds is 4. The molecule has 0 saturated heterocycles. The summed E-state index contributed by atoms with van der Waals surface area (Å²) in [5.41, 5.74) is 8.34. The minimum absolute atomic E-state index is 0.0458. The molecule has 1 atom stereocenters. The summed E-state index contributed by atoms with van der Waals surface area (Å²) in [5.74, 6) is 0.0458. The summed E-state index contributed by atoms with van der Waals surface area (Å²) in [6.07, 6.45) is 0. The van der Waals surface area contributed by atoms with E-state index in [1.807, 2.05) is 49.5 Å². The first kappa shape index (κ1) is 15.9. The predicted molar refractivity (Wildman–Crippen MR) is 93.4 cm³/mol. The number of nitrogens with one attached hydrogen (secondary N) is 1. The topological polar surface area (TPSA) is 53.1 Å². The van der Waals surface area contributed by atoms with Crippen molar-refractivity contribution < 1.29 is 0 Å². The van der Waals surface area contributed by atoms with Crippen LogP contribution in [0.3, 0.4) is 0 Å². The number of halogens is 2. The van der Waals surface area contributed by atoms with Crippen LogP contribution in [0.1, 0.15) is 24.1 Å². The molecular weight excluding hydrogens is 350 g/mol. The zero-order valence-corrected chi connectivity index (χ0v) is 14.2. The standard InChI is InChI=1S/C16H17BrClN3/c1-10(12-5-3-4-6-14(12)18)21(2)15-8-7-11(17)9-13(15)16(19)20/h3-10H,1-2H3,(H3,19,20). The van der Waals surface area contributed by atoms with Gasteiger partial charge in [0.1, 0.15) is 5.84 Å². The van der Waals surface area contributed by atoms with Gasteiger partial charge in [0.05, 0.1) is 6.04 Å². The van der Waals surface area contributed by atoms with Gasteiger partial charge in [-0.1, -0.05) is 45.7 Å². The Morgan fingerprint density at radius 1 is 1.29 bits per heavy atom. The van der Waals surface area contributed by atoms with E-state index in [2.05, 4.69) is 27.8 Å². The third-order valence-electron chi connectivity index (χ3n) is 3.57. The Labute approximate surface area is 138 Å². The molecule has 0 spiro atoms. The van der Waals surface area contributed by atoms with E-state index in [1.165, 1.54) is 0 Å². The lowest BCUT2D eigenvalue weighted by atomic mass is 10.0. The minimum atomic E-state index is 0.0458. The molecule has 0 aliphatic heterocycles. The summed E-state index contributed by atoms with van der Waals surface area (Å²) in [6, 6.07) is 13.6. The lowest BCUT2D eigenvalue weighted by Gasteiger charge is -2.29. The minimum Gasteiger partial charge on any atom is -0.384 e. The molecule has 0 radical (unpaired) electrons. The van der Waals surface area contributed by atoms with Crippen molar-refractivity contribution in [2.75, 3.05) is 11.9 Å². The number of nitrogens with two attached hydrogens (primary N) is 1. The Hall–Kier alpha value is -1.52. The summed E-state index contributed by atoms with van der Waals surface area (Å²) >= 11 is 9.69. The maximum atomic E-state index is 7.76. The molecule has 2 aromatic rings. The molecule has 0 fully saturated rings. The molecule has 0 saturated carbocycles. The number of anilines is 1. The number of amidine groups is 1. The highest BCUT2D eigenvalue weighted by Crippen LogP contribution is 2.32. The normalized spacial score (nSPS) is 12.0. The van der Waals surface area contributed by atoms with E-state index in [9.17, 15) is 0 Å². The van der Waals surface area contributed by atoms with Crippen molar-refractivity contribution in [3.8, 4) is 0 Å². The van der Waals surface area contributed by atoms with Gasteiger partial charge in [0.25, 0.3) is 0 Å². The summed E-state index contributed by atoms with van der Waals surface area (Å²) in [7, 11) is 1.98. The second kappa shape index (κ2) is 6.50. The maximum absolute atomic E-state index is 7.76. The predicted octanol–water partition coefficient (Wildman–Crippen LogP) is 4.58. The summed E-state index contributed by atoms with van der Waals surface area (Å²) in [4.78, 5) is 2.07. The van der Waals surface area contributed by atoms with E-state index in [0.29, 0.717) is 5.56 Å². The van der Waals surface area contributed by atoms with E-state index < -0.39 is 0 Å². The van der Waals surface area contributed by atoms with Crippen LogP contribution in [-0.2, 0) is 0 Å². The van der Waals surface area contributed by atoms with Crippen LogP contribution >= 0.6 is 27.5 Å². The number of nitrogens with zero attached hydrogens (tertiary/aromatic N) is 1. The van der Waals surface area contributed by atoms with E-state index in [1.54, 1.807) is 0 Å². The highest BCUT2D eigenvalue weighted by Gasteiger charge is 2.18. The Morgan fingerprint density at radius 3 is 2.57 bits per heavy atom. The van der Waals surface area contributed by atoms with E-state index >= 15 is 0 Å².